The van der Waals surface area contributed by atoms with Gasteiger partial charge in [-0.15, -0.1) is 11.3 Å². The molecule has 6 nitrogen and oxygen atoms in total. The van der Waals surface area contributed by atoms with E-state index in [2.05, 4.69) is 10.3 Å². The normalized spacial score (nSPS) is 21.7. The number of thiazole rings is 1. The summed E-state index contributed by atoms with van der Waals surface area (Å²) in [6.45, 7) is 0.670. The zero-order chi connectivity index (χ0) is 16.5. The lowest BCUT2D eigenvalue weighted by Gasteiger charge is -2.25. The van der Waals surface area contributed by atoms with Crippen LogP contribution in [-0.4, -0.2) is 44.7 Å². The number of fused-ring (bicyclic) bond motifs is 1. The van der Waals surface area contributed by atoms with Gasteiger partial charge in [0, 0.05) is 30.4 Å². The van der Waals surface area contributed by atoms with Crippen LogP contribution < -0.4 is 5.32 Å². The molecule has 1 aliphatic carbocycles. The van der Waals surface area contributed by atoms with Crippen LogP contribution in [0.25, 0.3) is 4.96 Å². The first-order chi connectivity index (χ1) is 11.7. The Balaban J connectivity index is 1.40. The Morgan fingerprint density at radius 1 is 1.25 bits per heavy atom. The van der Waals surface area contributed by atoms with Crippen molar-refractivity contribution in [2.75, 3.05) is 6.54 Å². The van der Waals surface area contributed by atoms with E-state index < -0.39 is 0 Å². The largest absolute Gasteiger partial charge is 0.352 e. The predicted molar refractivity (Wildman–Crippen MR) is 91.9 cm³/mol. The fourth-order valence-corrected chi connectivity index (χ4v) is 4.54. The lowest BCUT2D eigenvalue weighted by Crippen LogP contribution is -2.48. The molecule has 0 aromatic carbocycles. The van der Waals surface area contributed by atoms with Crippen molar-refractivity contribution < 1.29 is 9.59 Å². The zero-order valence-electron chi connectivity index (χ0n) is 13.6. The summed E-state index contributed by atoms with van der Waals surface area (Å²) in [7, 11) is 0. The molecule has 0 bridgehead atoms. The van der Waals surface area contributed by atoms with Crippen molar-refractivity contribution in [3.05, 3.63) is 23.5 Å². The third kappa shape index (κ3) is 3.05. The van der Waals surface area contributed by atoms with Gasteiger partial charge in [0.2, 0.25) is 11.8 Å². The second-order valence-electron chi connectivity index (χ2n) is 6.74. The van der Waals surface area contributed by atoms with Crippen LogP contribution in [0.5, 0.6) is 0 Å². The molecule has 0 radical (unpaired) electrons. The Kier molecular flexibility index (Phi) is 4.26. The molecule has 1 saturated heterocycles. The standard InChI is InChI=1S/C17H22N4O2S/c22-15(10-13-11-20-8-9-24-17(20)19-13)21-7-3-6-14(21)16(23)18-12-4-1-2-5-12/h8-9,11-12,14H,1-7,10H2,(H,18,23)/t14-/m0/s1. The number of aromatic nitrogens is 2. The van der Waals surface area contributed by atoms with Crippen LogP contribution in [0.1, 0.15) is 44.2 Å². The van der Waals surface area contributed by atoms with Gasteiger partial charge in [0.15, 0.2) is 4.96 Å². The number of hydrogen-bond acceptors (Lipinski definition) is 4. The van der Waals surface area contributed by atoms with Gasteiger partial charge in [0.05, 0.1) is 12.1 Å². The molecule has 3 heterocycles. The van der Waals surface area contributed by atoms with Crippen molar-refractivity contribution in [1.29, 1.82) is 0 Å². The highest BCUT2D eigenvalue weighted by molar-refractivity contribution is 7.15. The third-order valence-corrected chi connectivity index (χ3v) is 5.82. The molecule has 1 aliphatic heterocycles. The van der Waals surface area contributed by atoms with Gasteiger partial charge in [0.25, 0.3) is 0 Å². The summed E-state index contributed by atoms with van der Waals surface area (Å²) in [5.41, 5.74) is 0.772. The highest BCUT2D eigenvalue weighted by Gasteiger charge is 2.35. The average molecular weight is 346 g/mol. The molecule has 0 unspecified atom stereocenters. The Hall–Kier alpha value is -1.89. The molecule has 2 aliphatic rings. The van der Waals surface area contributed by atoms with E-state index in [0.717, 1.165) is 36.3 Å². The second kappa shape index (κ2) is 6.55. The van der Waals surface area contributed by atoms with Crippen LogP contribution in [0.3, 0.4) is 0 Å². The van der Waals surface area contributed by atoms with Crippen LogP contribution in [0, 0.1) is 0 Å². The molecule has 1 N–H and O–H groups in total. The molecule has 2 fully saturated rings. The number of likely N-dealkylation sites (tertiary alicyclic amines) is 1. The quantitative estimate of drug-likeness (QED) is 0.921. The minimum atomic E-state index is -0.304. The van der Waals surface area contributed by atoms with Crippen LogP contribution in [-0.2, 0) is 16.0 Å². The summed E-state index contributed by atoms with van der Waals surface area (Å²) in [5, 5.41) is 5.11. The minimum absolute atomic E-state index is 0.00447. The molecule has 128 valence electrons. The van der Waals surface area contributed by atoms with E-state index in [1.807, 2.05) is 22.2 Å². The Morgan fingerprint density at radius 2 is 2.08 bits per heavy atom. The van der Waals surface area contributed by atoms with Crippen LogP contribution in [0.4, 0.5) is 0 Å². The molecule has 7 heteroatoms. The third-order valence-electron chi connectivity index (χ3n) is 5.05. The van der Waals surface area contributed by atoms with Crippen LogP contribution in [0.2, 0.25) is 0 Å². The molecule has 0 spiro atoms. The summed E-state index contributed by atoms with van der Waals surface area (Å²) in [6, 6.07) is -0.00295. The van der Waals surface area contributed by atoms with E-state index in [4.69, 9.17) is 0 Å². The Labute approximate surface area is 144 Å². The molecule has 24 heavy (non-hydrogen) atoms. The number of carbonyl (C=O) groups is 2. The molecular weight excluding hydrogens is 324 g/mol. The lowest BCUT2D eigenvalue weighted by molar-refractivity contribution is -0.138. The van der Waals surface area contributed by atoms with Crippen LogP contribution >= 0.6 is 11.3 Å². The van der Waals surface area contributed by atoms with Crippen molar-refractivity contribution >= 4 is 28.1 Å². The van der Waals surface area contributed by atoms with Crippen molar-refractivity contribution in [3.63, 3.8) is 0 Å². The van der Waals surface area contributed by atoms with E-state index in [9.17, 15) is 9.59 Å². The molecule has 2 amide bonds. The fourth-order valence-electron chi connectivity index (χ4n) is 3.82. The fraction of sp³-hybridized carbons (Fsp3) is 0.588. The van der Waals surface area contributed by atoms with Crippen molar-refractivity contribution in [2.24, 2.45) is 0 Å². The maximum absolute atomic E-state index is 12.7. The summed E-state index contributed by atoms with van der Waals surface area (Å²) in [6.07, 6.45) is 10.3. The van der Waals surface area contributed by atoms with Crippen LogP contribution in [0.15, 0.2) is 17.8 Å². The maximum Gasteiger partial charge on any atom is 0.243 e. The van der Waals surface area contributed by atoms with Gasteiger partial charge in [0.1, 0.15) is 6.04 Å². The Bertz CT molecular complexity index is 718. The van der Waals surface area contributed by atoms with Crippen molar-refractivity contribution in [2.45, 2.75) is 57.0 Å². The molecule has 2 aromatic rings. The summed E-state index contributed by atoms with van der Waals surface area (Å²) in [4.78, 5) is 32.3. The van der Waals surface area contributed by atoms with Gasteiger partial charge in [-0.25, -0.2) is 4.98 Å². The maximum atomic E-state index is 12.7. The Morgan fingerprint density at radius 3 is 2.88 bits per heavy atom. The smallest absolute Gasteiger partial charge is 0.243 e. The van der Waals surface area contributed by atoms with Gasteiger partial charge in [-0.05, 0) is 25.7 Å². The van der Waals surface area contributed by atoms with Gasteiger partial charge in [-0.2, -0.15) is 0 Å². The molecule has 1 atom stereocenters. The summed E-state index contributed by atoms with van der Waals surface area (Å²) >= 11 is 1.55. The van der Waals surface area contributed by atoms with E-state index in [1.165, 1.54) is 12.8 Å². The first-order valence-corrected chi connectivity index (χ1v) is 9.59. The minimum Gasteiger partial charge on any atom is -0.352 e. The van der Waals surface area contributed by atoms with E-state index in [-0.39, 0.29) is 24.3 Å². The number of carbonyl (C=O) groups excluding carboxylic acids is 2. The number of nitrogens with zero attached hydrogens (tertiary/aromatic N) is 3. The van der Waals surface area contributed by atoms with Gasteiger partial charge < -0.3 is 10.2 Å². The van der Waals surface area contributed by atoms with Gasteiger partial charge >= 0.3 is 0 Å². The SMILES string of the molecule is O=C(NC1CCCC1)[C@@H]1CCCN1C(=O)Cc1cn2ccsc2n1. The highest BCUT2D eigenvalue weighted by atomic mass is 32.1. The average Bonchev–Trinajstić information content (AvgIpc) is 3.31. The molecule has 2 aromatic heterocycles. The monoisotopic (exact) mass is 346 g/mol. The van der Waals surface area contributed by atoms with Gasteiger partial charge in [-0.1, -0.05) is 12.8 Å². The summed E-state index contributed by atoms with van der Waals surface area (Å²) < 4.78 is 1.93. The number of nitrogens with one attached hydrogen (secondary N) is 1. The highest BCUT2D eigenvalue weighted by Crippen LogP contribution is 2.22. The number of hydrogen-bond donors (Lipinski definition) is 1. The van der Waals surface area contributed by atoms with E-state index >= 15 is 0 Å². The molecule has 4 rings (SSSR count). The molecular formula is C17H22N4O2S. The number of imidazole rings is 1. The summed E-state index contributed by atoms with van der Waals surface area (Å²) in [5.74, 6) is 0.0309. The van der Waals surface area contributed by atoms with Crippen molar-refractivity contribution in [3.8, 4) is 0 Å². The second-order valence-corrected chi connectivity index (χ2v) is 7.61. The predicted octanol–water partition coefficient (Wildman–Crippen LogP) is 1.99. The first-order valence-electron chi connectivity index (χ1n) is 8.71. The van der Waals surface area contributed by atoms with E-state index in [1.54, 1.807) is 16.2 Å². The number of amides is 2. The first kappa shape index (κ1) is 15.6. The number of rotatable bonds is 4. The van der Waals surface area contributed by atoms with E-state index in [0.29, 0.717) is 12.6 Å². The molecule has 1 saturated carbocycles. The zero-order valence-corrected chi connectivity index (χ0v) is 14.4. The van der Waals surface area contributed by atoms with Gasteiger partial charge in [-0.3, -0.25) is 14.0 Å². The van der Waals surface area contributed by atoms with Crippen molar-refractivity contribution in [1.82, 2.24) is 19.6 Å². The topological polar surface area (TPSA) is 66.7 Å². The lowest BCUT2D eigenvalue weighted by atomic mass is 10.1.